The minimum Gasteiger partial charge on any atom is -0.454 e. The van der Waals surface area contributed by atoms with Gasteiger partial charge in [-0.15, -0.1) is 0 Å². The molecule has 8 rings (SSSR count). The fourth-order valence-electron chi connectivity index (χ4n) is 10.7. The lowest BCUT2D eigenvalue weighted by atomic mass is 9.49. The first kappa shape index (κ1) is 26.9. The third-order valence-corrected chi connectivity index (χ3v) is 11.8. The number of carbonyl (C=O) groups is 2. The Kier molecular flexibility index (Phi) is 6.42. The van der Waals surface area contributed by atoms with Gasteiger partial charge < -0.3 is 9.47 Å². The van der Waals surface area contributed by atoms with Gasteiger partial charge in [-0.05, 0) is 124 Å². The van der Waals surface area contributed by atoms with Gasteiger partial charge in [0.05, 0.1) is 0 Å². The summed E-state index contributed by atoms with van der Waals surface area (Å²) in [5.41, 5.74) is -2.29. The quantitative estimate of drug-likeness (QED) is 0.226. The number of ether oxygens (including phenoxy) is 2. The molecule has 4 nitrogen and oxygen atoms in total. The van der Waals surface area contributed by atoms with Gasteiger partial charge in [-0.3, -0.25) is 0 Å². The van der Waals surface area contributed by atoms with Crippen molar-refractivity contribution < 1.29 is 36.6 Å². The zero-order valence-electron chi connectivity index (χ0n) is 22.7. The number of hydrogen-bond acceptors (Lipinski definition) is 4. The van der Waals surface area contributed by atoms with Crippen LogP contribution in [0.1, 0.15) is 104 Å². The van der Waals surface area contributed by atoms with Crippen molar-refractivity contribution in [2.45, 2.75) is 127 Å². The van der Waals surface area contributed by atoms with Crippen LogP contribution in [0.25, 0.3) is 0 Å². The molecule has 38 heavy (non-hydrogen) atoms. The maximum Gasteiger partial charge on any atom is 0.415 e. The molecule has 0 N–H and O–H groups in total. The minimum absolute atomic E-state index is 0.0834. The molecule has 0 aromatic rings. The summed E-state index contributed by atoms with van der Waals surface area (Å²) in [5, 5.41) is 0. The second kappa shape index (κ2) is 9.09. The molecule has 8 aliphatic rings. The van der Waals surface area contributed by atoms with E-state index in [0.29, 0.717) is 49.4 Å². The molecule has 0 aromatic heterocycles. The summed E-state index contributed by atoms with van der Waals surface area (Å²) in [6.45, 7) is 3.78. The van der Waals surface area contributed by atoms with Gasteiger partial charge in [-0.1, -0.05) is 26.7 Å². The molecular weight excluding hydrogens is 500 g/mol. The minimum atomic E-state index is -5.29. The van der Waals surface area contributed by atoms with E-state index in [9.17, 15) is 9.59 Å². The molecule has 0 spiro atoms. The van der Waals surface area contributed by atoms with Crippen LogP contribution in [0.4, 0.5) is 17.6 Å². The van der Waals surface area contributed by atoms with E-state index in [4.69, 9.17) is 9.47 Å². The Hall–Kier alpha value is -1.34. The van der Waals surface area contributed by atoms with Crippen LogP contribution in [0.2, 0.25) is 0 Å². The Morgan fingerprint density at radius 2 is 0.842 bits per heavy atom. The average molecular weight is 543 g/mol. The molecule has 8 bridgehead atoms. The maximum atomic E-state index is 15.4. The van der Waals surface area contributed by atoms with Gasteiger partial charge in [0.1, 0.15) is 11.2 Å². The zero-order chi connectivity index (χ0) is 27.1. The van der Waals surface area contributed by atoms with E-state index < -0.39 is 35.0 Å². The number of hydrogen-bond donors (Lipinski definition) is 0. The first-order valence-electron chi connectivity index (χ1n) is 15.2. The lowest BCUT2D eigenvalue weighted by molar-refractivity contribution is -0.274. The van der Waals surface area contributed by atoms with Crippen LogP contribution >= 0.6 is 0 Å². The van der Waals surface area contributed by atoms with Gasteiger partial charge in [0.15, 0.2) is 0 Å². The molecule has 0 aliphatic heterocycles. The van der Waals surface area contributed by atoms with Crippen molar-refractivity contribution in [1.29, 1.82) is 0 Å². The topological polar surface area (TPSA) is 52.6 Å². The van der Waals surface area contributed by atoms with Crippen LogP contribution in [0.15, 0.2) is 0 Å². The van der Waals surface area contributed by atoms with E-state index in [1.165, 1.54) is 0 Å². The maximum absolute atomic E-state index is 15.4. The molecule has 8 saturated carbocycles. The summed E-state index contributed by atoms with van der Waals surface area (Å²) >= 11 is 0. The third-order valence-electron chi connectivity index (χ3n) is 11.8. The van der Waals surface area contributed by atoms with Gasteiger partial charge >= 0.3 is 23.8 Å². The lowest BCUT2D eigenvalue weighted by Crippen LogP contribution is -2.64. The predicted octanol–water partition coefficient (Wildman–Crippen LogP) is 7.33. The van der Waals surface area contributed by atoms with Gasteiger partial charge in [0, 0.05) is 0 Å². The zero-order valence-corrected chi connectivity index (χ0v) is 22.7. The molecule has 8 fully saturated rings. The van der Waals surface area contributed by atoms with E-state index >= 15 is 17.6 Å². The number of carbonyl (C=O) groups excluding carboxylic acids is 2. The SMILES string of the molecule is CCCC1(OC(=O)C(F)(F)C(F)(F)C(=O)OC2(CCC)C3CC4CC(C3)CC2C4)C2CC3CC(C2)CC1C3. The van der Waals surface area contributed by atoms with Crippen molar-refractivity contribution in [1.82, 2.24) is 0 Å². The van der Waals surface area contributed by atoms with Crippen molar-refractivity contribution in [2.75, 3.05) is 0 Å². The summed E-state index contributed by atoms with van der Waals surface area (Å²) in [7, 11) is 0. The molecule has 0 unspecified atom stereocenters. The molecule has 214 valence electrons. The molecule has 0 saturated heterocycles. The van der Waals surface area contributed by atoms with E-state index in [0.717, 1.165) is 64.2 Å². The first-order chi connectivity index (χ1) is 17.9. The number of esters is 2. The van der Waals surface area contributed by atoms with Crippen LogP contribution in [0, 0.1) is 47.3 Å². The average Bonchev–Trinajstić information content (AvgIpc) is 2.84. The summed E-state index contributed by atoms with van der Waals surface area (Å²) < 4.78 is 72.6. The van der Waals surface area contributed by atoms with E-state index in [1.54, 1.807) is 0 Å². The van der Waals surface area contributed by atoms with Crippen LogP contribution < -0.4 is 0 Å². The van der Waals surface area contributed by atoms with E-state index in [2.05, 4.69) is 0 Å². The lowest BCUT2D eigenvalue weighted by Gasteiger charge is -2.60. The summed E-state index contributed by atoms with van der Waals surface area (Å²) in [4.78, 5) is 25.9. The summed E-state index contributed by atoms with van der Waals surface area (Å²) in [6, 6.07) is 0. The van der Waals surface area contributed by atoms with Crippen molar-refractivity contribution in [3.63, 3.8) is 0 Å². The van der Waals surface area contributed by atoms with Crippen molar-refractivity contribution in [2.24, 2.45) is 47.3 Å². The molecule has 0 atom stereocenters. The molecule has 0 radical (unpaired) electrons. The van der Waals surface area contributed by atoms with E-state index in [-0.39, 0.29) is 23.7 Å². The van der Waals surface area contributed by atoms with Gasteiger partial charge in [0.25, 0.3) is 0 Å². The number of halogens is 4. The molecule has 0 amide bonds. The Morgan fingerprint density at radius 1 is 0.579 bits per heavy atom. The normalized spacial score (nSPS) is 44.9. The highest BCUT2D eigenvalue weighted by molar-refractivity contribution is 5.90. The Bertz CT molecular complexity index is 830. The Morgan fingerprint density at radius 3 is 1.08 bits per heavy atom. The summed E-state index contributed by atoms with van der Waals surface area (Å²) in [6.07, 6.45) is 10.5. The molecule has 8 aliphatic carbocycles. The molecule has 8 heteroatoms. The van der Waals surface area contributed by atoms with Gasteiger partial charge in [0.2, 0.25) is 0 Å². The van der Waals surface area contributed by atoms with Gasteiger partial charge in [-0.25, -0.2) is 9.59 Å². The first-order valence-corrected chi connectivity index (χ1v) is 15.2. The van der Waals surface area contributed by atoms with Crippen LogP contribution in [-0.2, 0) is 19.1 Å². The Balaban J connectivity index is 1.22. The second-order valence-corrected chi connectivity index (χ2v) is 13.9. The molecule has 0 heterocycles. The highest BCUT2D eigenvalue weighted by atomic mass is 19.3. The fraction of sp³-hybridized carbons (Fsp3) is 0.933. The Labute approximate surface area is 222 Å². The van der Waals surface area contributed by atoms with Crippen molar-refractivity contribution >= 4 is 11.9 Å². The number of rotatable bonds is 9. The predicted molar refractivity (Wildman–Crippen MR) is 131 cm³/mol. The number of alkyl halides is 4. The highest BCUT2D eigenvalue weighted by Gasteiger charge is 2.73. The van der Waals surface area contributed by atoms with Crippen LogP contribution in [0.5, 0.6) is 0 Å². The fourth-order valence-corrected chi connectivity index (χ4v) is 10.7. The largest absolute Gasteiger partial charge is 0.454 e. The smallest absolute Gasteiger partial charge is 0.415 e. The monoisotopic (exact) mass is 542 g/mol. The highest BCUT2D eigenvalue weighted by Crippen LogP contribution is 2.63. The molecular formula is C30H42F4O4. The van der Waals surface area contributed by atoms with E-state index in [1.807, 2.05) is 13.8 Å². The molecule has 0 aromatic carbocycles. The van der Waals surface area contributed by atoms with Crippen molar-refractivity contribution in [3.8, 4) is 0 Å². The van der Waals surface area contributed by atoms with Crippen LogP contribution in [-0.4, -0.2) is 35.0 Å². The third kappa shape index (κ3) is 3.80. The second-order valence-electron chi connectivity index (χ2n) is 13.9. The van der Waals surface area contributed by atoms with Crippen LogP contribution in [0.3, 0.4) is 0 Å². The van der Waals surface area contributed by atoms with Crippen molar-refractivity contribution in [3.05, 3.63) is 0 Å². The standard InChI is InChI=1S/C30H42F4O4/c1-3-5-27(21-9-17-7-18(11-21)12-22(27)10-17)37-25(35)29(31,32)30(33,34)26(36)38-28(6-4-2)23-13-19-8-20(15-23)16-24(28)14-19/h17-24H,3-16H2,1-2H3. The van der Waals surface area contributed by atoms with Gasteiger partial charge in [-0.2, -0.15) is 17.6 Å². The summed E-state index contributed by atoms with van der Waals surface area (Å²) in [5.74, 6) is -13.5.